The van der Waals surface area contributed by atoms with E-state index in [-0.39, 0.29) is 0 Å². The molecular formula is C10H17BrN2. The Labute approximate surface area is 88.5 Å². The largest absolute Gasteiger partial charge is 0.270 e. The molecule has 0 saturated carbocycles. The molecule has 74 valence electrons. The molecule has 0 saturated heterocycles. The van der Waals surface area contributed by atoms with Gasteiger partial charge in [0.25, 0.3) is 0 Å². The second kappa shape index (κ2) is 5.43. The number of hydrogen-bond donors (Lipinski definition) is 0. The molecule has 0 amide bonds. The van der Waals surface area contributed by atoms with Crippen molar-refractivity contribution in [1.29, 1.82) is 0 Å². The third kappa shape index (κ3) is 3.51. The molecule has 0 fully saturated rings. The summed E-state index contributed by atoms with van der Waals surface area (Å²) >= 11 is 3.55. The molecule has 1 aromatic rings. The molecule has 3 heteroatoms. The summed E-state index contributed by atoms with van der Waals surface area (Å²) in [5.41, 5.74) is 1.35. The topological polar surface area (TPSA) is 17.8 Å². The van der Waals surface area contributed by atoms with Gasteiger partial charge < -0.3 is 0 Å². The van der Waals surface area contributed by atoms with Crippen molar-refractivity contribution < 1.29 is 0 Å². The first-order chi connectivity index (χ1) is 6.24. The quantitative estimate of drug-likeness (QED) is 0.729. The van der Waals surface area contributed by atoms with E-state index in [0.29, 0.717) is 4.83 Å². The van der Waals surface area contributed by atoms with Gasteiger partial charge in [-0.05, 0) is 25.3 Å². The maximum Gasteiger partial charge on any atom is 0.0492 e. The first-order valence-electron chi connectivity index (χ1n) is 4.88. The second-order valence-electron chi connectivity index (χ2n) is 3.37. The van der Waals surface area contributed by atoms with Gasteiger partial charge in [-0.25, -0.2) is 0 Å². The second-order valence-corrected chi connectivity index (χ2v) is 4.93. The van der Waals surface area contributed by atoms with Gasteiger partial charge in [0.1, 0.15) is 0 Å². The Morgan fingerprint density at radius 2 is 2.38 bits per heavy atom. The molecule has 0 aromatic carbocycles. The molecule has 13 heavy (non-hydrogen) atoms. The molecular weight excluding hydrogens is 228 g/mol. The minimum atomic E-state index is 0.595. The number of aryl methyl sites for hydroxylation is 2. The normalized spacial score (nSPS) is 13.2. The van der Waals surface area contributed by atoms with Crippen LogP contribution in [0.4, 0.5) is 0 Å². The van der Waals surface area contributed by atoms with Crippen LogP contribution in [0.25, 0.3) is 0 Å². The van der Waals surface area contributed by atoms with Crippen LogP contribution < -0.4 is 0 Å². The first-order valence-corrected chi connectivity index (χ1v) is 5.80. The predicted molar refractivity (Wildman–Crippen MR) is 59.2 cm³/mol. The molecule has 0 radical (unpaired) electrons. The molecule has 1 heterocycles. The molecule has 1 aromatic heterocycles. The fraction of sp³-hybridized carbons (Fsp3) is 0.700. The Balaban J connectivity index is 2.49. The number of alkyl halides is 1. The zero-order valence-electron chi connectivity index (χ0n) is 8.33. The summed E-state index contributed by atoms with van der Waals surface area (Å²) in [5, 5.41) is 4.29. The fourth-order valence-electron chi connectivity index (χ4n) is 1.33. The molecule has 0 aliphatic heterocycles. The lowest BCUT2D eigenvalue weighted by atomic mass is 10.2. The van der Waals surface area contributed by atoms with E-state index in [9.17, 15) is 0 Å². The summed E-state index contributed by atoms with van der Waals surface area (Å²) in [4.78, 5) is 0.595. The van der Waals surface area contributed by atoms with E-state index in [2.05, 4.69) is 45.6 Å². The molecule has 1 unspecified atom stereocenters. The van der Waals surface area contributed by atoms with E-state index < -0.39 is 0 Å². The lowest BCUT2D eigenvalue weighted by molar-refractivity contribution is 0.567. The van der Waals surface area contributed by atoms with Crippen LogP contribution in [-0.2, 0) is 13.0 Å². The molecule has 2 nitrogen and oxygen atoms in total. The first kappa shape index (κ1) is 10.8. The van der Waals surface area contributed by atoms with E-state index in [1.54, 1.807) is 0 Å². The van der Waals surface area contributed by atoms with Gasteiger partial charge in [0, 0.05) is 23.3 Å². The number of nitrogens with zero attached hydrogens (tertiary/aromatic N) is 2. The summed E-state index contributed by atoms with van der Waals surface area (Å²) in [6, 6.07) is 2.12. The zero-order valence-corrected chi connectivity index (χ0v) is 9.92. The highest BCUT2D eigenvalue weighted by molar-refractivity contribution is 9.09. The van der Waals surface area contributed by atoms with Gasteiger partial charge >= 0.3 is 0 Å². The van der Waals surface area contributed by atoms with E-state index in [1.165, 1.54) is 12.1 Å². The highest BCUT2D eigenvalue weighted by Gasteiger charge is 2.03. The molecule has 1 rings (SSSR count). The summed E-state index contributed by atoms with van der Waals surface area (Å²) in [5.74, 6) is 0. The number of hydrogen-bond acceptors (Lipinski definition) is 1. The van der Waals surface area contributed by atoms with Gasteiger partial charge in [-0.2, -0.15) is 5.10 Å². The van der Waals surface area contributed by atoms with Crippen LogP contribution in [0.1, 0.15) is 32.4 Å². The van der Waals surface area contributed by atoms with Crippen molar-refractivity contribution in [3.8, 4) is 0 Å². The van der Waals surface area contributed by atoms with Crippen molar-refractivity contribution in [3.05, 3.63) is 18.0 Å². The van der Waals surface area contributed by atoms with Crippen molar-refractivity contribution in [2.45, 2.75) is 44.5 Å². The lowest BCUT2D eigenvalue weighted by Crippen LogP contribution is -2.05. The standard InChI is InChI=1S/C10H17BrN2/c1-3-8-13-10(6-7-12-13)5-4-9(2)11/h6-7,9H,3-5,8H2,1-2H3. The number of rotatable bonds is 5. The third-order valence-electron chi connectivity index (χ3n) is 2.04. The molecule has 0 spiro atoms. The predicted octanol–water partition coefficient (Wildman–Crippen LogP) is 3.01. The number of halogens is 1. The number of aromatic nitrogens is 2. The van der Waals surface area contributed by atoms with Gasteiger partial charge in [0.05, 0.1) is 0 Å². The Hall–Kier alpha value is -0.310. The van der Waals surface area contributed by atoms with Crippen LogP contribution in [0, 0.1) is 0 Å². The Kier molecular flexibility index (Phi) is 4.50. The molecule has 1 atom stereocenters. The van der Waals surface area contributed by atoms with Gasteiger partial charge in [-0.1, -0.05) is 29.8 Å². The van der Waals surface area contributed by atoms with Gasteiger partial charge in [0.2, 0.25) is 0 Å². The van der Waals surface area contributed by atoms with Gasteiger partial charge in [-0.15, -0.1) is 0 Å². The van der Waals surface area contributed by atoms with Crippen LogP contribution in [0.3, 0.4) is 0 Å². The Morgan fingerprint density at radius 1 is 1.62 bits per heavy atom. The summed E-state index contributed by atoms with van der Waals surface area (Å²) in [6.45, 7) is 5.40. The van der Waals surface area contributed by atoms with E-state index >= 15 is 0 Å². The monoisotopic (exact) mass is 244 g/mol. The summed E-state index contributed by atoms with van der Waals surface area (Å²) in [6.07, 6.45) is 5.34. The zero-order chi connectivity index (χ0) is 9.68. The molecule has 0 bridgehead atoms. The van der Waals surface area contributed by atoms with Crippen LogP contribution >= 0.6 is 15.9 Å². The smallest absolute Gasteiger partial charge is 0.0492 e. The average Bonchev–Trinajstić information content (AvgIpc) is 2.49. The molecule has 0 aliphatic carbocycles. The minimum absolute atomic E-state index is 0.595. The Bertz CT molecular complexity index is 243. The minimum Gasteiger partial charge on any atom is -0.270 e. The molecule has 0 aliphatic rings. The van der Waals surface area contributed by atoms with E-state index in [1.807, 2.05) is 6.20 Å². The van der Waals surface area contributed by atoms with E-state index in [4.69, 9.17) is 0 Å². The average molecular weight is 245 g/mol. The summed E-state index contributed by atoms with van der Waals surface area (Å²) < 4.78 is 2.11. The van der Waals surface area contributed by atoms with Crippen molar-refractivity contribution in [2.75, 3.05) is 0 Å². The van der Waals surface area contributed by atoms with Gasteiger partial charge in [0.15, 0.2) is 0 Å². The van der Waals surface area contributed by atoms with Gasteiger partial charge in [-0.3, -0.25) is 4.68 Å². The van der Waals surface area contributed by atoms with Crippen LogP contribution in [0.15, 0.2) is 12.3 Å². The Morgan fingerprint density at radius 3 is 3.00 bits per heavy atom. The van der Waals surface area contributed by atoms with Crippen molar-refractivity contribution in [2.24, 2.45) is 0 Å². The summed E-state index contributed by atoms with van der Waals surface area (Å²) in [7, 11) is 0. The molecule has 0 N–H and O–H groups in total. The highest BCUT2D eigenvalue weighted by atomic mass is 79.9. The van der Waals surface area contributed by atoms with Crippen LogP contribution in [0.2, 0.25) is 0 Å². The maximum absolute atomic E-state index is 4.29. The van der Waals surface area contributed by atoms with Crippen molar-refractivity contribution >= 4 is 15.9 Å². The maximum atomic E-state index is 4.29. The fourth-order valence-corrected chi connectivity index (χ4v) is 1.56. The lowest BCUT2D eigenvalue weighted by Gasteiger charge is -2.06. The van der Waals surface area contributed by atoms with Crippen molar-refractivity contribution in [3.63, 3.8) is 0 Å². The SMILES string of the molecule is CCCn1nccc1CCC(C)Br. The third-order valence-corrected chi connectivity index (χ3v) is 2.50. The van der Waals surface area contributed by atoms with E-state index in [0.717, 1.165) is 19.4 Å². The highest BCUT2D eigenvalue weighted by Crippen LogP contribution is 2.10. The van der Waals surface area contributed by atoms with Crippen LogP contribution in [0.5, 0.6) is 0 Å². The van der Waals surface area contributed by atoms with Crippen LogP contribution in [-0.4, -0.2) is 14.6 Å². The van der Waals surface area contributed by atoms with Crippen molar-refractivity contribution in [1.82, 2.24) is 9.78 Å².